The van der Waals surface area contributed by atoms with E-state index in [1.54, 1.807) is 0 Å². The summed E-state index contributed by atoms with van der Waals surface area (Å²) in [6.07, 6.45) is 0. The molecule has 0 saturated carbocycles. The predicted octanol–water partition coefficient (Wildman–Crippen LogP) is 6.20. The van der Waals surface area contributed by atoms with E-state index in [0.29, 0.717) is 5.25 Å². The van der Waals surface area contributed by atoms with Crippen molar-refractivity contribution in [2.24, 2.45) is 0 Å². The van der Waals surface area contributed by atoms with E-state index in [0.717, 1.165) is 16.4 Å². The molecule has 27 heavy (non-hydrogen) atoms. The summed E-state index contributed by atoms with van der Waals surface area (Å²) in [6.45, 7) is 2.14. The normalized spacial score (nSPS) is 19.1. The van der Waals surface area contributed by atoms with E-state index in [4.69, 9.17) is 4.98 Å². The first-order valence-corrected chi connectivity index (χ1v) is 11.0. The van der Waals surface area contributed by atoms with Crippen LogP contribution in [0.3, 0.4) is 0 Å². The van der Waals surface area contributed by atoms with Crippen molar-refractivity contribution >= 4 is 34.6 Å². The van der Waals surface area contributed by atoms with Crippen LogP contribution >= 0.6 is 23.5 Å². The standard InChI is InChI=1S/C23H20N2S2/c1-16-11-13-18(14-12-16)27-21-15-26-23-24-19-9-5-6-10-20(19)25(23)22(21)17-7-3-2-4-8-17/h2-14,21-22H,15H2,1H3/t21-,22+/m1/s1. The van der Waals surface area contributed by atoms with Gasteiger partial charge < -0.3 is 4.57 Å². The molecule has 3 aromatic carbocycles. The van der Waals surface area contributed by atoms with Gasteiger partial charge in [-0.3, -0.25) is 0 Å². The zero-order valence-electron chi connectivity index (χ0n) is 15.1. The van der Waals surface area contributed by atoms with Crippen LogP contribution in [0.2, 0.25) is 0 Å². The van der Waals surface area contributed by atoms with Crippen molar-refractivity contribution in [3.05, 3.63) is 90.0 Å². The first-order valence-electron chi connectivity index (χ1n) is 9.17. The molecule has 1 aromatic heterocycles. The minimum absolute atomic E-state index is 0.279. The molecule has 2 atom stereocenters. The van der Waals surface area contributed by atoms with E-state index < -0.39 is 0 Å². The van der Waals surface area contributed by atoms with Gasteiger partial charge in [0.05, 0.1) is 17.1 Å². The molecule has 4 heteroatoms. The zero-order chi connectivity index (χ0) is 18.2. The van der Waals surface area contributed by atoms with Crippen LogP contribution in [0.5, 0.6) is 0 Å². The molecule has 2 nitrogen and oxygen atoms in total. The molecule has 2 heterocycles. The molecule has 134 valence electrons. The minimum atomic E-state index is 0.279. The molecule has 0 spiro atoms. The van der Waals surface area contributed by atoms with Gasteiger partial charge in [0, 0.05) is 15.9 Å². The van der Waals surface area contributed by atoms with Gasteiger partial charge in [-0.1, -0.05) is 71.9 Å². The zero-order valence-corrected chi connectivity index (χ0v) is 16.7. The fourth-order valence-electron chi connectivity index (χ4n) is 3.71. The molecular formula is C23H20N2S2. The number of para-hydroxylation sites is 2. The monoisotopic (exact) mass is 388 g/mol. The highest BCUT2D eigenvalue weighted by atomic mass is 32.2. The lowest BCUT2D eigenvalue weighted by Gasteiger charge is -2.33. The Kier molecular flexibility index (Phi) is 4.46. The first-order chi connectivity index (χ1) is 13.3. The van der Waals surface area contributed by atoms with E-state index in [1.165, 1.54) is 21.5 Å². The molecule has 0 N–H and O–H groups in total. The number of fused-ring (bicyclic) bond motifs is 3. The van der Waals surface area contributed by atoms with Gasteiger partial charge in [-0.15, -0.1) is 11.8 Å². The molecule has 0 fully saturated rings. The minimum Gasteiger partial charge on any atom is -0.310 e. The molecule has 1 aliphatic rings. The van der Waals surface area contributed by atoms with E-state index in [-0.39, 0.29) is 6.04 Å². The Hall–Kier alpha value is -2.17. The molecule has 4 aromatic rings. The summed E-state index contributed by atoms with van der Waals surface area (Å²) in [6, 6.07) is 28.5. The highest BCUT2D eigenvalue weighted by Crippen LogP contribution is 2.45. The molecule has 0 amide bonds. The van der Waals surface area contributed by atoms with Crippen LogP contribution in [-0.2, 0) is 0 Å². The van der Waals surface area contributed by atoms with Crippen molar-refractivity contribution in [2.75, 3.05) is 5.75 Å². The molecule has 5 rings (SSSR count). The second-order valence-corrected chi connectivity index (χ2v) is 9.19. The van der Waals surface area contributed by atoms with Crippen molar-refractivity contribution in [1.82, 2.24) is 9.55 Å². The van der Waals surface area contributed by atoms with Crippen molar-refractivity contribution in [2.45, 2.75) is 28.3 Å². The maximum atomic E-state index is 4.90. The molecule has 0 bridgehead atoms. The average Bonchev–Trinajstić information content (AvgIpc) is 3.09. The first kappa shape index (κ1) is 17.0. The molecule has 0 unspecified atom stereocenters. The summed E-state index contributed by atoms with van der Waals surface area (Å²) >= 11 is 3.86. The van der Waals surface area contributed by atoms with E-state index in [1.807, 2.05) is 23.5 Å². The maximum Gasteiger partial charge on any atom is 0.169 e. The Morgan fingerprint density at radius 3 is 2.48 bits per heavy atom. The number of hydrogen-bond donors (Lipinski definition) is 0. The second kappa shape index (κ2) is 7.10. The van der Waals surface area contributed by atoms with Gasteiger partial charge in [0.1, 0.15) is 0 Å². The molecule has 0 radical (unpaired) electrons. The van der Waals surface area contributed by atoms with Gasteiger partial charge >= 0.3 is 0 Å². The van der Waals surface area contributed by atoms with Gasteiger partial charge in [-0.25, -0.2) is 4.98 Å². The Balaban J connectivity index is 1.62. The lowest BCUT2D eigenvalue weighted by Crippen LogP contribution is -2.29. The number of benzene rings is 3. The molecular weight excluding hydrogens is 368 g/mol. The van der Waals surface area contributed by atoms with Gasteiger partial charge in [0.15, 0.2) is 5.16 Å². The summed E-state index contributed by atoms with van der Waals surface area (Å²) in [7, 11) is 0. The van der Waals surface area contributed by atoms with Crippen LogP contribution in [0, 0.1) is 6.92 Å². The Labute approximate surface area is 168 Å². The highest BCUT2D eigenvalue weighted by Gasteiger charge is 2.34. The number of nitrogens with zero attached hydrogens (tertiary/aromatic N) is 2. The number of aryl methyl sites for hydroxylation is 1. The van der Waals surface area contributed by atoms with Gasteiger partial charge in [0.2, 0.25) is 0 Å². The Morgan fingerprint density at radius 2 is 1.67 bits per heavy atom. The lowest BCUT2D eigenvalue weighted by atomic mass is 10.0. The van der Waals surface area contributed by atoms with Crippen LogP contribution in [-0.4, -0.2) is 20.6 Å². The van der Waals surface area contributed by atoms with Crippen molar-refractivity contribution in [3.8, 4) is 0 Å². The van der Waals surface area contributed by atoms with Gasteiger partial charge in [-0.05, 0) is 36.8 Å². The number of imidazole rings is 1. The summed E-state index contributed by atoms with van der Waals surface area (Å²) in [4.78, 5) is 6.23. The van der Waals surface area contributed by atoms with Crippen LogP contribution in [0.15, 0.2) is 88.9 Å². The topological polar surface area (TPSA) is 17.8 Å². The van der Waals surface area contributed by atoms with Crippen molar-refractivity contribution < 1.29 is 0 Å². The third kappa shape index (κ3) is 3.17. The van der Waals surface area contributed by atoms with E-state index >= 15 is 0 Å². The molecule has 0 saturated heterocycles. The SMILES string of the molecule is Cc1ccc(S[C@@H]2CSc3nc4ccccc4n3[C@H]2c2ccccc2)cc1. The molecule has 0 aliphatic carbocycles. The van der Waals surface area contributed by atoms with E-state index in [9.17, 15) is 0 Å². The highest BCUT2D eigenvalue weighted by molar-refractivity contribution is 8.03. The Morgan fingerprint density at radius 1 is 0.926 bits per heavy atom. The second-order valence-electron chi connectivity index (χ2n) is 6.89. The quantitative estimate of drug-likeness (QED) is 0.416. The molecule has 1 aliphatic heterocycles. The average molecular weight is 389 g/mol. The van der Waals surface area contributed by atoms with E-state index in [2.05, 4.69) is 90.4 Å². The van der Waals surface area contributed by atoms with Crippen molar-refractivity contribution in [3.63, 3.8) is 0 Å². The third-order valence-corrected chi connectivity index (χ3v) is 7.57. The number of thioether (sulfide) groups is 2. The van der Waals surface area contributed by atoms with Crippen LogP contribution < -0.4 is 0 Å². The predicted molar refractivity (Wildman–Crippen MR) is 116 cm³/mol. The van der Waals surface area contributed by atoms with Crippen molar-refractivity contribution in [1.29, 1.82) is 0 Å². The summed E-state index contributed by atoms with van der Waals surface area (Å²) in [5.74, 6) is 1.06. The number of hydrogen-bond acceptors (Lipinski definition) is 3. The van der Waals surface area contributed by atoms with Crippen LogP contribution in [0.4, 0.5) is 0 Å². The van der Waals surface area contributed by atoms with Crippen LogP contribution in [0.1, 0.15) is 17.2 Å². The van der Waals surface area contributed by atoms with Gasteiger partial charge in [0.25, 0.3) is 0 Å². The lowest BCUT2D eigenvalue weighted by molar-refractivity contribution is 0.539. The Bertz CT molecular complexity index is 1070. The fraction of sp³-hybridized carbons (Fsp3) is 0.174. The fourth-order valence-corrected chi connectivity index (χ4v) is 6.25. The summed E-state index contributed by atoms with van der Waals surface area (Å²) in [5.41, 5.74) is 4.97. The largest absolute Gasteiger partial charge is 0.310 e. The smallest absolute Gasteiger partial charge is 0.169 e. The number of rotatable bonds is 3. The number of aromatic nitrogens is 2. The summed E-state index contributed by atoms with van der Waals surface area (Å²) < 4.78 is 2.45. The van der Waals surface area contributed by atoms with Crippen LogP contribution in [0.25, 0.3) is 11.0 Å². The van der Waals surface area contributed by atoms with Gasteiger partial charge in [-0.2, -0.15) is 0 Å². The summed E-state index contributed by atoms with van der Waals surface area (Å²) in [5, 5.41) is 1.58. The third-order valence-electron chi connectivity index (χ3n) is 5.02. The maximum absolute atomic E-state index is 4.90.